The molecule has 0 radical (unpaired) electrons. The molecule has 0 saturated carbocycles. The Hall–Kier alpha value is -1.23. The third kappa shape index (κ3) is 1.19. The van der Waals surface area contributed by atoms with Crippen LogP contribution in [-0.2, 0) is 11.5 Å². The molecule has 0 aliphatic rings. The number of aldehydes is 1. The second kappa shape index (κ2) is 3.07. The topological polar surface area (TPSA) is 57.0 Å². The molecule has 5 heteroatoms. The number of carbonyl (C=O) groups excluding carboxylic acids is 1. The summed E-state index contributed by atoms with van der Waals surface area (Å²) in [5.74, 6) is 0. The zero-order chi connectivity index (χ0) is 7.40. The Labute approximate surface area is 57.6 Å². The van der Waals surface area contributed by atoms with Gasteiger partial charge in [-0.25, -0.2) is 4.68 Å². The van der Waals surface area contributed by atoms with Gasteiger partial charge in [0.25, 0.3) is 0 Å². The van der Waals surface area contributed by atoms with Gasteiger partial charge in [-0.2, -0.15) is 0 Å². The van der Waals surface area contributed by atoms with Gasteiger partial charge in [0.15, 0.2) is 6.29 Å². The second-order valence-corrected chi connectivity index (χ2v) is 1.69. The van der Waals surface area contributed by atoms with Crippen molar-refractivity contribution in [2.24, 2.45) is 0 Å². The van der Waals surface area contributed by atoms with Crippen molar-refractivity contribution in [3.8, 4) is 0 Å². The van der Waals surface area contributed by atoms with Gasteiger partial charge in [0, 0.05) is 7.11 Å². The van der Waals surface area contributed by atoms with Gasteiger partial charge in [-0.1, -0.05) is 5.21 Å². The molecule has 0 aliphatic heterocycles. The number of hydrogen-bond donors (Lipinski definition) is 0. The smallest absolute Gasteiger partial charge is 0.169 e. The molecule has 0 fully saturated rings. The molecule has 0 atom stereocenters. The minimum absolute atomic E-state index is 0.258. The minimum Gasteiger partial charge on any atom is -0.362 e. The summed E-state index contributed by atoms with van der Waals surface area (Å²) in [6.07, 6.45) is 2.06. The van der Waals surface area contributed by atoms with Crippen LogP contribution in [0.25, 0.3) is 0 Å². The van der Waals surface area contributed by atoms with Gasteiger partial charge in [-0.15, -0.1) is 5.10 Å². The summed E-state index contributed by atoms with van der Waals surface area (Å²) in [4.78, 5) is 10.2. The largest absolute Gasteiger partial charge is 0.362 e. The van der Waals surface area contributed by atoms with E-state index in [0.717, 1.165) is 0 Å². The fourth-order valence-electron chi connectivity index (χ4n) is 0.579. The lowest BCUT2D eigenvalue weighted by Crippen LogP contribution is -2.05. The molecule has 5 nitrogen and oxygen atoms in total. The molecule has 0 spiro atoms. The van der Waals surface area contributed by atoms with E-state index in [1.165, 1.54) is 18.0 Å². The summed E-state index contributed by atoms with van der Waals surface area (Å²) < 4.78 is 6.10. The van der Waals surface area contributed by atoms with Crippen LogP contribution in [0.5, 0.6) is 0 Å². The maximum absolute atomic E-state index is 10.2. The SMILES string of the molecule is COCn1nncc1C=O. The molecule has 1 heterocycles. The van der Waals surface area contributed by atoms with Gasteiger partial charge in [-0.3, -0.25) is 4.79 Å². The van der Waals surface area contributed by atoms with Gasteiger partial charge in [0.2, 0.25) is 0 Å². The van der Waals surface area contributed by atoms with Crippen molar-refractivity contribution in [1.82, 2.24) is 15.0 Å². The maximum Gasteiger partial charge on any atom is 0.169 e. The number of carbonyl (C=O) groups is 1. The third-order valence-electron chi connectivity index (χ3n) is 1.02. The van der Waals surface area contributed by atoms with Crippen LogP contribution in [0, 0.1) is 0 Å². The maximum atomic E-state index is 10.2. The summed E-state index contributed by atoms with van der Waals surface area (Å²) in [5, 5.41) is 7.10. The highest BCUT2D eigenvalue weighted by atomic mass is 16.5. The molecule has 0 saturated heterocycles. The normalized spacial score (nSPS) is 9.70. The molecule has 54 valence electrons. The number of methoxy groups -OCH3 is 1. The highest BCUT2D eigenvalue weighted by Gasteiger charge is 1.98. The van der Waals surface area contributed by atoms with E-state index < -0.39 is 0 Å². The Morgan fingerprint density at radius 2 is 2.70 bits per heavy atom. The molecule has 0 aliphatic carbocycles. The molecule has 0 bridgehead atoms. The number of hydrogen-bond acceptors (Lipinski definition) is 4. The Morgan fingerprint density at radius 3 is 3.30 bits per heavy atom. The predicted molar refractivity (Wildman–Crippen MR) is 32.4 cm³/mol. The second-order valence-electron chi connectivity index (χ2n) is 1.69. The Bertz CT molecular complexity index is 220. The minimum atomic E-state index is 0.258. The van der Waals surface area contributed by atoms with Crippen molar-refractivity contribution in [1.29, 1.82) is 0 Å². The number of aromatic nitrogens is 3. The van der Waals surface area contributed by atoms with E-state index in [1.807, 2.05) is 0 Å². The first-order chi connectivity index (χ1) is 4.88. The Morgan fingerprint density at radius 1 is 1.90 bits per heavy atom. The number of ether oxygens (including phenoxy) is 1. The molecule has 0 amide bonds. The molecule has 10 heavy (non-hydrogen) atoms. The first-order valence-corrected chi connectivity index (χ1v) is 2.71. The van der Waals surface area contributed by atoms with Crippen LogP contribution in [0.4, 0.5) is 0 Å². The summed E-state index contributed by atoms with van der Waals surface area (Å²) >= 11 is 0. The van der Waals surface area contributed by atoms with Crippen molar-refractivity contribution >= 4 is 6.29 Å². The van der Waals surface area contributed by atoms with Crippen LogP contribution in [0.15, 0.2) is 6.20 Å². The monoisotopic (exact) mass is 141 g/mol. The predicted octanol–water partition coefficient (Wildman–Crippen LogP) is -0.306. The highest BCUT2D eigenvalue weighted by Crippen LogP contribution is 1.90. The van der Waals surface area contributed by atoms with E-state index in [-0.39, 0.29) is 6.73 Å². The van der Waals surface area contributed by atoms with Gasteiger partial charge < -0.3 is 4.74 Å². The fraction of sp³-hybridized carbons (Fsp3) is 0.400. The quantitative estimate of drug-likeness (QED) is 0.542. The number of nitrogens with zero attached hydrogens (tertiary/aromatic N) is 3. The van der Waals surface area contributed by atoms with E-state index in [1.54, 1.807) is 0 Å². The third-order valence-corrected chi connectivity index (χ3v) is 1.02. The van der Waals surface area contributed by atoms with Crippen molar-refractivity contribution in [2.75, 3.05) is 7.11 Å². The van der Waals surface area contributed by atoms with Crippen LogP contribution in [0.1, 0.15) is 10.5 Å². The zero-order valence-electron chi connectivity index (χ0n) is 5.52. The van der Waals surface area contributed by atoms with Crippen LogP contribution in [0.2, 0.25) is 0 Å². The molecule has 1 aromatic rings. The lowest BCUT2D eigenvalue weighted by Gasteiger charge is -1.96. The average Bonchev–Trinajstić information content (AvgIpc) is 2.36. The van der Waals surface area contributed by atoms with Crippen LogP contribution in [-0.4, -0.2) is 28.4 Å². The molecule has 1 rings (SSSR count). The molecule has 0 aromatic carbocycles. The standard InChI is InChI=1S/C5H7N3O2/c1-10-4-8-5(3-9)2-6-7-8/h2-3H,4H2,1H3. The van der Waals surface area contributed by atoms with Crippen molar-refractivity contribution < 1.29 is 9.53 Å². The Balaban J connectivity index is 2.79. The zero-order valence-corrected chi connectivity index (χ0v) is 5.52. The van der Waals surface area contributed by atoms with Gasteiger partial charge >= 0.3 is 0 Å². The summed E-state index contributed by atoms with van der Waals surface area (Å²) in [7, 11) is 1.52. The summed E-state index contributed by atoms with van der Waals surface area (Å²) in [6.45, 7) is 0.258. The van der Waals surface area contributed by atoms with E-state index in [9.17, 15) is 4.79 Å². The van der Waals surface area contributed by atoms with Crippen molar-refractivity contribution in [2.45, 2.75) is 6.73 Å². The molecule has 1 aromatic heterocycles. The fourth-order valence-corrected chi connectivity index (χ4v) is 0.579. The van der Waals surface area contributed by atoms with Crippen LogP contribution >= 0.6 is 0 Å². The first-order valence-electron chi connectivity index (χ1n) is 2.71. The molecule has 0 unspecified atom stereocenters. The van der Waals surface area contributed by atoms with Crippen LogP contribution < -0.4 is 0 Å². The lowest BCUT2D eigenvalue weighted by molar-refractivity contribution is 0.103. The van der Waals surface area contributed by atoms with Crippen molar-refractivity contribution in [3.05, 3.63) is 11.9 Å². The van der Waals surface area contributed by atoms with Gasteiger partial charge in [0.1, 0.15) is 12.4 Å². The molecular formula is C5H7N3O2. The van der Waals surface area contributed by atoms with Crippen molar-refractivity contribution in [3.63, 3.8) is 0 Å². The van der Waals surface area contributed by atoms with Gasteiger partial charge in [-0.05, 0) is 0 Å². The molecular weight excluding hydrogens is 134 g/mol. The van der Waals surface area contributed by atoms with E-state index in [2.05, 4.69) is 10.3 Å². The van der Waals surface area contributed by atoms with E-state index in [4.69, 9.17) is 4.74 Å². The summed E-state index contributed by atoms with van der Waals surface area (Å²) in [6, 6.07) is 0. The number of rotatable bonds is 3. The van der Waals surface area contributed by atoms with E-state index in [0.29, 0.717) is 12.0 Å². The van der Waals surface area contributed by atoms with Gasteiger partial charge in [0.05, 0.1) is 6.20 Å². The van der Waals surface area contributed by atoms with E-state index >= 15 is 0 Å². The summed E-state index contributed by atoms with van der Waals surface area (Å²) in [5.41, 5.74) is 0.418. The lowest BCUT2D eigenvalue weighted by atomic mass is 10.5. The van der Waals surface area contributed by atoms with Crippen LogP contribution in [0.3, 0.4) is 0 Å². The molecule has 0 N–H and O–H groups in total. The first kappa shape index (κ1) is 6.88. The average molecular weight is 141 g/mol. The Kier molecular flexibility index (Phi) is 2.11. The highest BCUT2D eigenvalue weighted by molar-refractivity contribution is 5.71.